The summed E-state index contributed by atoms with van der Waals surface area (Å²) in [7, 11) is 0. The summed E-state index contributed by atoms with van der Waals surface area (Å²) in [5.74, 6) is 0. The van der Waals surface area contributed by atoms with Crippen molar-refractivity contribution in [3.05, 3.63) is 42.1 Å². The summed E-state index contributed by atoms with van der Waals surface area (Å²) < 4.78 is 0. The van der Waals surface area contributed by atoms with Crippen molar-refractivity contribution in [3.63, 3.8) is 0 Å². The average molecular weight is 232 g/mol. The molecule has 0 aromatic heterocycles. The highest BCUT2D eigenvalue weighted by Gasteiger charge is 2.12. The summed E-state index contributed by atoms with van der Waals surface area (Å²) in [6.07, 6.45) is 1.75. The quantitative estimate of drug-likeness (QED) is 0.801. The molecule has 17 heavy (non-hydrogen) atoms. The van der Waals surface area contributed by atoms with Crippen LogP contribution in [0.5, 0.6) is 0 Å². The molecule has 0 unspecified atom stereocenters. The first-order valence-corrected chi connectivity index (χ1v) is 5.69. The first-order valence-electron chi connectivity index (χ1n) is 5.69. The van der Waals surface area contributed by atoms with Crippen LogP contribution in [0.4, 0.5) is 10.5 Å². The van der Waals surface area contributed by atoms with Crippen LogP contribution in [-0.2, 0) is 0 Å². The molecular weight excluding hydrogens is 212 g/mol. The maximum absolute atomic E-state index is 11.6. The highest BCUT2D eigenvalue weighted by Crippen LogP contribution is 2.23. The fraction of sp³-hybridized carbons (Fsp3) is 0.357. The van der Waals surface area contributed by atoms with Gasteiger partial charge in [-0.2, -0.15) is 0 Å². The predicted octanol–water partition coefficient (Wildman–Crippen LogP) is 3.76. The molecule has 92 valence electrons. The summed E-state index contributed by atoms with van der Waals surface area (Å²) >= 11 is 0. The minimum atomic E-state index is -0.222. The number of benzene rings is 1. The Morgan fingerprint density at radius 2 is 1.76 bits per heavy atom. The highest BCUT2D eigenvalue weighted by molar-refractivity contribution is 5.89. The molecule has 0 spiro atoms. The zero-order chi connectivity index (χ0) is 12.9. The summed E-state index contributed by atoms with van der Waals surface area (Å²) in [6, 6.07) is 9.14. The van der Waals surface area contributed by atoms with Gasteiger partial charge in [0.1, 0.15) is 0 Å². The van der Waals surface area contributed by atoms with Gasteiger partial charge in [-0.1, -0.05) is 44.5 Å². The fourth-order valence-corrected chi connectivity index (χ4v) is 1.08. The van der Waals surface area contributed by atoms with Gasteiger partial charge in [-0.25, -0.2) is 4.79 Å². The van der Waals surface area contributed by atoms with Crippen molar-refractivity contribution in [2.75, 3.05) is 5.32 Å². The topological polar surface area (TPSA) is 41.1 Å². The van der Waals surface area contributed by atoms with Gasteiger partial charge in [0.2, 0.25) is 0 Å². The fourth-order valence-electron chi connectivity index (χ4n) is 1.08. The van der Waals surface area contributed by atoms with Gasteiger partial charge >= 0.3 is 6.03 Å². The number of carbonyl (C=O) groups excluding carboxylic acids is 1. The summed E-state index contributed by atoms with van der Waals surface area (Å²) in [4.78, 5) is 11.6. The molecule has 0 aliphatic heterocycles. The number of urea groups is 1. The lowest BCUT2D eigenvalue weighted by atomic mass is 9.88. The second-order valence-corrected chi connectivity index (χ2v) is 5.04. The molecule has 0 saturated heterocycles. The summed E-state index contributed by atoms with van der Waals surface area (Å²) in [5, 5.41) is 5.48. The number of allylic oxidation sites excluding steroid dienone is 1. The Morgan fingerprint density at radius 3 is 2.29 bits per heavy atom. The van der Waals surface area contributed by atoms with Crippen molar-refractivity contribution in [1.82, 2.24) is 5.32 Å². The van der Waals surface area contributed by atoms with Crippen LogP contribution in [0.2, 0.25) is 0 Å². The molecule has 0 saturated carbocycles. The standard InChI is InChI=1S/C14H20N2O/c1-11(14(2,3)4)10-15-13(17)16-12-8-6-5-7-9-12/h5-10H,1-4H3,(H2,15,16,17)/b11-10+. The molecule has 1 aromatic carbocycles. The minimum Gasteiger partial charge on any atom is -0.314 e. The number of para-hydroxylation sites is 1. The number of rotatable bonds is 2. The van der Waals surface area contributed by atoms with Gasteiger partial charge in [0.25, 0.3) is 0 Å². The van der Waals surface area contributed by atoms with Crippen LogP contribution in [0.1, 0.15) is 27.7 Å². The number of carbonyl (C=O) groups is 1. The molecule has 0 heterocycles. The van der Waals surface area contributed by atoms with Gasteiger partial charge in [0.15, 0.2) is 0 Å². The van der Waals surface area contributed by atoms with Gasteiger partial charge in [-0.3, -0.25) is 0 Å². The van der Waals surface area contributed by atoms with E-state index in [4.69, 9.17) is 0 Å². The monoisotopic (exact) mass is 232 g/mol. The van der Waals surface area contributed by atoms with E-state index in [1.165, 1.54) is 0 Å². The second-order valence-electron chi connectivity index (χ2n) is 5.04. The van der Waals surface area contributed by atoms with Crippen LogP contribution in [0.15, 0.2) is 42.1 Å². The van der Waals surface area contributed by atoms with Crippen molar-refractivity contribution in [2.24, 2.45) is 5.41 Å². The van der Waals surface area contributed by atoms with Gasteiger partial charge < -0.3 is 10.6 Å². The van der Waals surface area contributed by atoms with E-state index in [9.17, 15) is 4.79 Å². The van der Waals surface area contributed by atoms with Gasteiger partial charge in [-0.15, -0.1) is 0 Å². The Labute approximate surface area is 103 Å². The van der Waals surface area contributed by atoms with Crippen molar-refractivity contribution in [2.45, 2.75) is 27.7 Å². The van der Waals surface area contributed by atoms with E-state index < -0.39 is 0 Å². The predicted molar refractivity (Wildman–Crippen MR) is 71.8 cm³/mol. The molecule has 2 amide bonds. The molecule has 3 nitrogen and oxygen atoms in total. The average Bonchev–Trinajstić information content (AvgIpc) is 2.26. The van der Waals surface area contributed by atoms with Gasteiger partial charge in [-0.05, 0) is 24.5 Å². The number of hydrogen-bond acceptors (Lipinski definition) is 1. The zero-order valence-corrected chi connectivity index (χ0v) is 10.9. The first kappa shape index (κ1) is 13.3. The molecule has 2 N–H and O–H groups in total. The van der Waals surface area contributed by atoms with Gasteiger partial charge in [0, 0.05) is 11.9 Å². The van der Waals surface area contributed by atoms with Crippen molar-refractivity contribution in [1.29, 1.82) is 0 Å². The molecule has 0 atom stereocenters. The lowest BCUT2D eigenvalue weighted by Crippen LogP contribution is -2.25. The van der Waals surface area contributed by atoms with E-state index in [0.29, 0.717) is 0 Å². The van der Waals surface area contributed by atoms with Crippen molar-refractivity contribution >= 4 is 11.7 Å². The zero-order valence-electron chi connectivity index (χ0n) is 10.9. The molecule has 0 radical (unpaired) electrons. The molecule has 0 bridgehead atoms. The Balaban J connectivity index is 2.52. The number of hydrogen-bond donors (Lipinski definition) is 2. The largest absolute Gasteiger partial charge is 0.323 e. The maximum Gasteiger partial charge on any atom is 0.323 e. The van der Waals surface area contributed by atoms with Gasteiger partial charge in [0.05, 0.1) is 0 Å². The Kier molecular flexibility index (Phi) is 4.32. The molecule has 0 aliphatic carbocycles. The number of amides is 2. The number of nitrogens with one attached hydrogen (secondary N) is 2. The van der Waals surface area contributed by atoms with E-state index in [1.54, 1.807) is 6.20 Å². The van der Waals surface area contributed by atoms with Crippen LogP contribution >= 0.6 is 0 Å². The lowest BCUT2D eigenvalue weighted by Gasteiger charge is -2.19. The highest BCUT2D eigenvalue weighted by atomic mass is 16.2. The van der Waals surface area contributed by atoms with Crippen LogP contribution in [0.25, 0.3) is 0 Å². The van der Waals surface area contributed by atoms with E-state index in [1.807, 2.05) is 37.3 Å². The van der Waals surface area contributed by atoms with E-state index in [-0.39, 0.29) is 11.4 Å². The number of anilines is 1. The molecule has 3 heteroatoms. The third kappa shape index (κ3) is 4.72. The Bertz CT molecular complexity index is 402. The van der Waals surface area contributed by atoms with Crippen LogP contribution < -0.4 is 10.6 Å². The van der Waals surface area contributed by atoms with Crippen molar-refractivity contribution < 1.29 is 4.79 Å². The molecule has 0 fully saturated rings. The van der Waals surface area contributed by atoms with E-state index in [0.717, 1.165) is 11.3 Å². The van der Waals surface area contributed by atoms with Crippen LogP contribution in [-0.4, -0.2) is 6.03 Å². The molecule has 1 aromatic rings. The molecule has 1 rings (SSSR count). The van der Waals surface area contributed by atoms with Crippen LogP contribution in [0, 0.1) is 5.41 Å². The second kappa shape index (κ2) is 5.53. The third-order valence-corrected chi connectivity index (χ3v) is 2.63. The maximum atomic E-state index is 11.6. The van der Waals surface area contributed by atoms with E-state index in [2.05, 4.69) is 31.4 Å². The lowest BCUT2D eigenvalue weighted by molar-refractivity contribution is 0.255. The normalized spacial score (nSPS) is 12.1. The molecular formula is C14H20N2O. The smallest absolute Gasteiger partial charge is 0.314 e. The SMILES string of the molecule is C/C(=C\NC(=O)Nc1ccccc1)C(C)(C)C. The summed E-state index contributed by atoms with van der Waals surface area (Å²) in [5.41, 5.74) is 1.98. The molecule has 0 aliphatic rings. The van der Waals surface area contributed by atoms with Crippen LogP contribution in [0.3, 0.4) is 0 Å². The Hall–Kier alpha value is -1.77. The first-order chi connectivity index (χ1) is 7.89. The van der Waals surface area contributed by atoms with E-state index >= 15 is 0 Å². The third-order valence-electron chi connectivity index (χ3n) is 2.63. The summed E-state index contributed by atoms with van der Waals surface area (Å²) in [6.45, 7) is 8.32. The van der Waals surface area contributed by atoms with Crippen molar-refractivity contribution in [3.8, 4) is 0 Å². The minimum absolute atomic E-state index is 0.0695. The Morgan fingerprint density at radius 1 is 1.18 bits per heavy atom.